The van der Waals surface area contributed by atoms with Crippen LogP contribution in [0.2, 0.25) is 0 Å². The van der Waals surface area contributed by atoms with Gasteiger partial charge in [0.15, 0.2) is 5.17 Å². The maximum atomic E-state index is 12.5. The third kappa shape index (κ3) is 3.80. The summed E-state index contributed by atoms with van der Waals surface area (Å²) in [5.41, 5.74) is 1.57. The molecule has 2 heterocycles. The van der Waals surface area contributed by atoms with E-state index >= 15 is 0 Å². The molecule has 27 heavy (non-hydrogen) atoms. The van der Waals surface area contributed by atoms with Crippen LogP contribution in [0.25, 0.3) is 17.4 Å². The fourth-order valence-corrected chi connectivity index (χ4v) is 3.87. The van der Waals surface area contributed by atoms with Gasteiger partial charge in [0.1, 0.15) is 11.5 Å². The van der Waals surface area contributed by atoms with Crippen LogP contribution in [0.5, 0.6) is 0 Å². The third-order valence-corrected chi connectivity index (χ3v) is 5.13. The Balaban J connectivity index is 1.89. The summed E-state index contributed by atoms with van der Waals surface area (Å²) in [6.07, 6.45) is 1.71. The fourth-order valence-electron chi connectivity index (χ4n) is 2.78. The van der Waals surface area contributed by atoms with E-state index < -0.39 is 4.92 Å². The van der Waals surface area contributed by atoms with Gasteiger partial charge in [-0.2, -0.15) is 0 Å². The smallest absolute Gasteiger partial charge is 0.269 e. The molecule has 0 N–H and O–H groups in total. The Kier molecular flexibility index (Phi) is 5.46. The van der Waals surface area contributed by atoms with Gasteiger partial charge in [-0.15, -0.1) is 0 Å². The number of amides is 1. The van der Waals surface area contributed by atoms with Crippen molar-refractivity contribution in [3.8, 4) is 11.3 Å². The maximum Gasteiger partial charge on any atom is 0.269 e. The molecule has 0 radical (unpaired) electrons. The molecule has 0 aliphatic carbocycles. The zero-order valence-corrected chi connectivity index (χ0v) is 16.1. The first-order chi connectivity index (χ1) is 12.9. The number of furan rings is 1. The Morgan fingerprint density at radius 2 is 2.07 bits per heavy atom. The summed E-state index contributed by atoms with van der Waals surface area (Å²) >= 11 is 1.34. The number of hydrogen-bond donors (Lipinski definition) is 0. The molecule has 1 saturated heterocycles. The highest BCUT2D eigenvalue weighted by atomic mass is 32.2. The Morgan fingerprint density at radius 3 is 2.70 bits per heavy atom. The molecule has 0 saturated carbocycles. The number of nitro groups is 1. The van der Waals surface area contributed by atoms with E-state index in [0.29, 0.717) is 34.7 Å². The van der Waals surface area contributed by atoms with Crippen molar-refractivity contribution < 1.29 is 14.1 Å². The number of aliphatic imine (C=N–C) groups is 1. The molecule has 0 bridgehead atoms. The largest absolute Gasteiger partial charge is 0.457 e. The van der Waals surface area contributed by atoms with Crippen molar-refractivity contribution in [2.24, 2.45) is 4.99 Å². The Hall–Kier alpha value is -2.87. The van der Waals surface area contributed by atoms with Crippen LogP contribution in [0.4, 0.5) is 5.69 Å². The Bertz CT molecular complexity index is 962. The second-order valence-corrected chi connectivity index (χ2v) is 6.88. The molecule has 1 aromatic heterocycles. The minimum Gasteiger partial charge on any atom is -0.457 e. The van der Waals surface area contributed by atoms with Crippen molar-refractivity contribution in [3.05, 3.63) is 56.7 Å². The van der Waals surface area contributed by atoms with Crippen LogP contribution in [0.1, 0.15) is 25.2 Å². The lowest BCUT2D eigenvalue weighted by Crippen LogP contribution is -2.28. The quantitative estimate of drug-likeness (QED) is 0.430. The summed E-state index contributed by atoms with van der Waals surface area (Å²) < 4.78 is 5.86. The number of carbonyl (C=O) groups is 1. The number of aryl methyl sites for hydroxylation is 1. The highest BCUT2D eigenvalue weighted by molar-refractivity contribution is 8.18. The van der Waals surface area contributed by atoms with Gasteiger partial charge in [0.25, 0.3) is 11.6 Å². The van der Waals surface area contributed by atoms with E-state index in [4.69, 9.17) is 4.42 Å². The predicted octanol–water partition coefficient (Wildman–Crippen LogP) is 4.48. The predicted molar refractivity (Wildman–Crippen MR) is 106 cm³/mol. The topological polar surface area (TPSA) is 89.0 Å². The number of hydrogen-bond acceptors (Lipinski definition) is 6. The second-order valence-electron chi connectivity index (χ2n) is 5.88. The van der Waals surface area contributed by atoms with E-state index in [1.807, 2.05) is 13.8 Å². The van der Waals surface area contributed by atoms with Crippen molar-refractivity contribution in [3.63, 3.8) is 0 Å². The fraction of sp³-hybridized carbons (Fsp3) is 0.263. The van der Waals surface area contributed by atoms with E-state index in [0.717, 1.165) is 11.1 Å². The summed E-state index contributed by atoms with van der Waals surface area (Å²) in [5.74, 6) is 1.06. The van der Waals surface area contributed by atoms with Crippen molar-refractivity contribution in [1.82, 2.24) is 4.90 Å². The first-order valence-electron chi connectivity index (χ1n) is 8.55. The number of likely N-dealkylation sites (N-methyl/N-ethyl adjacent to an activating group) is 1. The van der Waals surface area contributed by atoms with Gasteiger partial charge in [0, 0.05) is 36.9 Å². The maximum absolute atomic E-state index is 12.5. The molecule has 3 rings (SSSR count). The Labute approximate surface area is 160 Å². The van der Waals surface area contributed by atoms with E-state index in [1.165, 1.54) is 23.9 Å². The van der Waals surface area contributed by atoms with Crippen LogP contribution >= 0.6 is 11.8 Å². The van der Waals surface area contributed by atoms with E-state index in [2.05, 4.69) is 4.99 Å². The SMILES string of the molecule is CCN=C1S/C(=C\c2ccc(-c3ccc([N+](=O)[O-])cc3C)o2)C(=O)N1CC. The number of benzene rings is 1. The minimum atomic E-state index is -0.424. The second kappa shape index (κ2) is 7.79. The molecule has 1 aromatic carbocycles. The molecule has 2 aromatic rings. The van der Waals surface area contributed by atoms with Crippen LogP contribution in [-0.2, 0) is 4.79 Å². The monoisotopic (exact) mass is 385 g/mol. The average Bonchev–Trinajstić information content (AvgIpc) is 3.20. The summed E-state index contributed by atoms with van der Waals surface area (Å²) in [6, 6.07) is 8.21. The van der Waals surface area contributed by atoms with Crippen molar-refractivity contribution in [1.29, 1.82) is 0 Å². The molecular weight excluding hydrogens is 366 g/mol. The molecule has 1 aliphatic rings. The van der Waals surface area contributed by atoms with Gasteiger partial charge in [0.05, 0.1) is 9.83 Å². The Morgan fingerprint density at radius 1 is 1.30 bits per heavy atom. The molecule has 1 amide bonds. The number of thioether (sulfide) groups is 1. The van der Waals surface area contributed by atoms with Crippen molar-refractivity contribution >= 4 is 34.6 Å². The molecule has 0 spiro atoms. The van der Waals surface area contributed by atoms with Crippen LogP contribution in [0.15, 0.2) is 44.6 Å². The van der Waals surface area contributed by atoms with Crippen LogP contribution in [0, 0.1) is 17.0 Å². The number of nitrogens with zero attached hydrogens (tertiary/aromatic N) is 3. The van der Waals surface area contributed by atoms with E-state index in [-0.39, 0.29) is 11.6 Å². The van der Waals surface area contributed by atoms with Gasteiger partial charge < -0.3 is 4.42 Å². The first kappa shape index (κ1) is 18.9. The zero-order valence-electron chi connectivity index (χ0n) is 15.3. The molecular formula is C19H19N3O4S. The molecule has 8 heteroatoms. The minimum absolute atomic E-state index is 0.0421. The molecule has 140 valence electrons. The summed E-state index contributed by atoms with van der Waals surface area (Å²) in [5, 5.41) is 11.6. The number of rotatable bonds is 5. The normalized spacial score (nSPS) is 17.3. The zero-order chi connectivity index (χ0) is 19.6. The van der Waals surface area contributed by atoms with Gasteiger partial charge >= 0.3 is 0 Å². The summed E-state index contributed by atoms with van der Waals surface area (Å²) in [6.45, 7) is 6.82. The van der Waals surface area contributed by atoms with Crippen molar-refractivity contribution in [2.45, 2.75) is 20.8 Å². The molecule has 0 unspecified atom stereocenters. The van der Waals surface area contributed by atoms with Crippen LogP contribution in [-0.4, -0.2) is 34.0 Å². The lowest BCUT2D eigenvalue weighted by Gasteiger charge is -2.11. The van der Waals surface area contributed by atoms with Crippen LogP contribution in [0.3, 0.4) is 0 Å². The molecule has 7 nitrogen and oxygen atoms in total. The number of amidine groups is 1. The first-order valence-corrected chi connectivity index (χ1v) is 9.37. The van der Waals surface area contributed by atoms with E-state index in [1.54, 1.807) is 36.1 Å². The van der Waals surface area contributed by atoms with Gasteiger partial charge in [-0.3, -0.25) is 24.8 Å². The third-order valence-electron chi connectivity index (χ3n) is 4.08. The standard InChI is InChI=1S/C19H19N3O4S/c1-4-20-19-21(5-2)18(23)17(27-19)11-14-7-9-16(26-14)15-8-6-13(22(24)25)10-12(15)3/h6-11H,4-5H2,1-3H3/b17-11-,20-19?. The lowest BCUT2D eigenvalue weighted by molar-refractivity contribution is -0.384. The lowest BCUT2D eigenvalue weighted by atomic mass is 10.1. The molecule has 1 aliphatic heterocycles. The highest BCUT2D eigenvalue weighted by Crippen LogP contribution is 2.34. The highest BCUT2D eigenvalue weighted by Gasteiger charge is 2.32. The van der Waals surface area contributed by atoms with Gasteiger partial charge in [-0.25, -0.2) is 0 Å². The number of carbonyl (C=O) groups excluding carboxylic acids is 1. The van der Waals surface area contributed by atoms with Crippen LogP contribution < -0.4 is 0 Å². The summed E-state index contributed by atoms with van der Waals surface area (Å²) in [7, 11) is 0. The van der Waals surface area contributed by atoms with Crippen molar-refractivity contribution in [2.75, 3.05) is 13.1 Å². The number of nitro benzene ring substituents is 1. The van der Waals surface area contributed by atoms with Gasteiger partial charge in [-0.05, 0) is 56.3 Å². The summed E-state index contributed by atoms with van der Waals surface area (Å²) in [4.78, 5) is 29.5. The average molecular weight is 385 g/mol. The van der Waals surface area contributed by atoms with E-state index in [9.17, 15) is 14.9 Å². The number of non-ortho nitro benzene ring substituents is 1. The van der Waals surface area contributed by atoms with Gasteiger partial charge in [-0.1, -0.05) is 0 Å². The molecule has 0 atom stereocenters. The molecule has 1 fully saturated rings. The van der Waals surface area contributed by atoms with Gasteiger partial charge in [0.2, 0.25) is 0 Å².